The first-order chi connectivity index (χ1) is 9.58. The number of hydrogen-bond donors (Lipinski definition) is 3. The number of nitrogens with one attached hydrogen (secondary N) is 2. The summed E-state index contributed by atoms with van der Waals surface area (Å²) in [6, 6.07) is 8.45. The van der Waals surface area contributed by atoms with Gasteiger partial charge in [-0.25, -0.2) is 4.79 Å². The Labute approximate surface area is 118 Å². The monoisotopic (exact) mass is 276 g/mol. The van der Waals surface area contributed by atoms with Crippen molar-refractivity contribution in [3.05, 3.63) is 35.9 Å². The van der Waals surface area contributed by atoms with Crippen LogP contribution in [0.2, 0.25) is 0 Å². The fourth-order valence-electron chi connectivity index (χ4n) is 2.49. The van der Waals surface area contributed by atoms with E-state index in [2.05, 4.69) is 10.6 Å². The highest BCUT2D eigenvalue weighted by Crippen LogP contribution is 2.16. The molecule has 1 saturated heterocycles. The number of aliphatic carboxylic acids is 1. The lowest BCUT2D eigenvalue weighted by Gasteiger charge is -2.19. The maximum absolute atomic E-state index is 12.1. The van der Waals surface area contributed by atoms with Gasteiger partial charge in [0, 0.05) is 13.0 Å². The van der Waals surface area contributed by atoms with Gasteiger partial charge in [-0.3, -0.25) is 4.79 Å². The molecule has 3 N–H and O–H groups in total. The maximum atomic E-state index is 12.1. The predicted octanol–water partition coefficient (Wildman–Crippen LogP) is 0.654. The molecule has 0 aliphatic carbocycles. The van der Waals surface area contributed by atoms with Gasteiger partial charge in [0.2, 0.25) is 5.91 Å². The molecule has 2 rings (SSSR count). The number of rotatable bonds is 5. The van der Waals surface area contributed by atoms with Crippen LogP contribution in [-0.4, -0.2) is 36.1 Å². The Balaban J connectivity index is 1.99. The lowest BCUT2D eigenvalue weighted by Crippen LogP contribution is -2.46. The van der Waals surface area contributed by atoms with Crippen LogP contribution in [0.15, 0.2) is 30.3 Å². The Hall–Kier alpha value is -1.88. The minimum Gasteiger partial charge on any atom is -0.480 e. The average Bonchev–Trinajstić information content (AvgIpc) is 2.85. The van der Waals surface area contributed by atoms with Gasteiger partial charge in [0.25, 0.3) is 0 Å². The molecule has 1 aromatic carbocycles. The second kappa shape index (κ2) is 6.52. The van der Waals surface area contributed by atoms with E-state index in [0.717, 1.165) is 12.1 Å². The molecule has 0 radical (unpaired) electrons. The van der Waals surface area contributed by atoms with Crippen LogP contribution < -0.4 is 10.6 Å². The number of carbonyl (C=O) groups excluding carboxylic acids is 1. The van der Waals surface area contributed by atoms with Crippen molar-refractivity contribution in [3.8, 4) is 0 Å². The quantitative estimate of drug-likeness (QED) is 0.738. The highest BCUT2D eigenvalue weighted by Gasteiger charge is 2.32. The Morgan fingerprint density at radius 1 is 1.35 bits per heavy atom. The number of amides is 1. The second-order valence-electron chi connectivity index (χ2n) is 5.33. The molecule has 108 valence electrons. The molecule has 0 saturated carbocycles. The third kappa shape index (κ3) is 3.57. The van der Waals surface area contributed by atoms with E-state index >= 15 is 0 Å². The summed E-state index contributed by atoms with van der Waals surface area (Å²) in [6.07, 6.45) is 0.302. The van der Waals surface area contributed by atoms with Gasteiger partial charge < -0.3 is 15.7 Å². The molecule has 0 spiro atoms. The molecule has 1 fully saturated rings. The number of carboxylic acid groups (broad SMARTS) is 1. The summed E-state index contributed by atoms with van der Waals surface area (Å²) in [5, 5.41) is 15.1. The standard InChI is InChI=1S/C15H20N2O3/c1-10-8-16-9-12(10)14(18)17-13(15(19)20)7-11-5-3-2-4-6-11/h2-6,10,12-13,16H,7-9H2,1H3,(H,17,18)(H,19,20)/t10?,12?,13-/m0/s1. The smallest absolute Gasteiger partial charge is 0.326 e. The van der Waals surface area contributed by atoms with E-state index < -0.39 is 12.0 Å². The van der Waals surface area contributed by atoms with Crippen LogP contribution in [0.1, 0.15) is 12.5 Å². The van der Waals surface area contributed by atoms with Crippen LogP contribution in [0.5, 0.6) is 0 Å². The third-order valence-corrected chi connectivity index (χ3v) is 3.75. The SMILES string of the molecule is CC1CNCC1C(=O)N[C@@H](Cc1ccccc1)C(=O)O. The Kier molecular flexibility index (Phi) is 4.74. The zero-order valence-corrected chi connectivity index (χ0v) is 11.5. The van der Waals surface area contributed by atoms with Crippen LogP contribution in [0.3, 0.4) is 0 Å². The average molecular weight is 276 g/mol. The first-order valence-electron chi connectivity index (χ1n) is 6.85. The van der Waals surface area contributed by atoms with Crippen LogP contribution in [0, 0.1) is 11.8 Å². The number of carboxylic acids is 1. The molecule has 3 atom stereocenters. The van der Waals surface area contributed by atoms with Crippen molar-refractivity contribution in [3.63, 3.8) is 0 Å². The lowest BCUT2D eigenvalue weighted by atomic mass is 9.96. The fraction of sp³-hybridized carbons (Fsp3) is 0.467. The summed E-state index contributed by atoms with van der Waals surface area (Å²) in [5.74, 6) is -1.08. The molecule has 1 aromatic rings. The summed E-state index contributed by atoms with van der Waals surface area (Å²) in [7, 11) is 0. The van der Waals surface area contributed by atoms with Crippen LogP contribution >= 0.6 is 0 Å². The largest absolute Gasteiger partial charge is 0.480 e. The van der Waals surface area contributed by atoms with Gasteiger partial charge in [-0.15, -0.1) is 0 Å². The van der Waals surface area contributed by atoms with Gasteiger partial charge in [0.1, 0.15) is 6.04 Å². The van der Waals surface area contributed by atoms with Gasteiger partial charge in [-0.1, -0.05) is 37.3 Å². The summed E-state index contributed by atoms with van der Waals surface area (Å²) < 4.78 is 0. The molecule has 1 heterocycles. The minimum atomic E-state index is -0.999. The van der Waals surface area contributed by atoms with Crippen LogP contribution in [-0.2, 0) is 16.0 Å². The highest BCUT2D eigenvalue weighted by molar-refractivity contribution is 5.85. The molecule has 1 amide bonds. The number of benzene rings is 1. The molecule has 0 aromatic heterocycles. The number of hydrogen-bond acceptors (Lipinski definition) is 3. The van der Waals surface area contributed by atoms with Crippen molar-refractivity contribution in [1.29, 1.82) is 0 Å². The van der Waals surface area contributed by atoms with Crippen molar-refractivity contribution >= 4 is 11.9 Å². The third-order valence-electron chi connectivity index (χ3n) is 3.75. The summed E-state index contributed by atoms with van der Waals surface area (Å²) in [6.45, 7) is 3.41. The van der Waals surface area contributed by atoms with E-state index in [1.807, 2.05) is 37.3 Å². The molecule has 5 nitrogen and oxygen atoms in total. The van der Waals surface area contributed by atoms with E-state index in [9.17, 15) is 14.7 Å². The Morgan fingerprint density at radius 3 is 2.60 bits per heavy atom. The van der Waals surface area contributed by atoms with Crippen LogP contribution in [0.4, 0.5) is 0 Å². The Bertz CT molecular complexity index is 475. The zero-order valence-electron chi connectivity index (χ0n) is 11.5. The van der Waals surface area contributed by atoms with Crippen molar-refractivity contribution < 1.29 is 14.7 Å². The fourth-order valence-corrected chi connectivity index (χ4v) is 2.49. The predicted molar refractivity (Wildman–Crippen MR) is 75.2 cm³/mol. The topological polar surface area (TPSA) is 78.4 Å². The maximum Gasteiger partial charge on any atom is 0.326 e. The summed E-state index contributed by atoms with van der Waals surface area (Å²) in [4.78, 5) is 23.5. The molecular weight excluding hydrogens is 256 g/mol. The molecule has 2 unspecified atom stereocenters. The van der Waals surface area contributed by atoms with E-state index in [4.69, 9.17) is 0 Å². The minimum absolute atomic E-state index is 0.146. The van der Waals surface area contributed by atoms with Crippen molar-refractivity contribution in [2.24, 2.45) is 11.8 Å². The lowest BCUT2D eigenvalue weighted by molar-refractivity contribution is -0.142. The molecule has 0 bridgehead atoms. The van der Waals surface area contributed by atoms with Crippen molar-refractivity contribution in [2.45, 2.75) is 19.4 Å². The van der Waals surface area contributed by atoms with E-state index in [0.29, 0.717) is 13.0 Å². The zero-order chi connectivity index (χ0) is 14.5. The van der Waals surface area contributed by atoms with Gasteiger partial charge in [0.15, 0.2) is 0 Å². The first kappa shape index (κ1) is 14.5. The highest BCUT2D eigenvalue weighted by atomic mass is 16.4. The first-order valence-corrected chi connectivity index (χ1v) is 6.85. The molecule has 1 aliphatic heterocycles. The normalized spacial score (nSPS) is 23.2. The summed E-state index contributed by atoms with van der Waals surface area (Å²) >= 11 is 0. The van der Waals surface area contributed by atoms with Gasteiger partial charge in [0.05, 0.1) is 5.92 Å². The van der Waals surface area contributed by atoms with Crippen molar-refractivity contribution in [1.82, 2.24) is 10.6 Å². The van der Waals surface area contributed by atoms with Crippen LogP contribution in [0.25, 0.3) is 0 Å². The Morgan fingerprint density at radius 2 is 2.05 bits per heavy atom. The molecule has 1 aliphatic rings. The molecular formula is C15H20N2O3. The van der Waals surface area contributed by atoms with Gasteiger partial charge in [-0.05, 0) is 18.0 Å². The summed E-state index contributed by atoms with van der Waals surface area (Å²) in [5.41, 5.74) is 0.901. The van der Waals surface area contributed by atoms with Crippen molar-refractivity contribution in [2.75, 3.05) is 13.1 Å². The van der Waals surface area contributed by atoms with Gasteiger partial charge in [-0.2, -0.15) is 0 Å². The number of carbonyl (C=O) groups is 2. The molecule has 5 heteroatoms. The molecule has 20 heavy (non-hydrogen) atoms. The van der Waals surface area contributed by atoms with E-state index in [-0.39, 0.29) is 17.7 Å². The van der Waals surface area contributed by atoms with Gasteiger partial charge >= 0.3 is 5.97 Å². The van der Waals surface area contributed by atoms with E-state index in [1.54, 1.807) is 0 Å². The second-order valence-corrected chi connectivity index (χ2v) is 5.33. The van der Waals surface area contributed by atoms with E-state index in [1.165, 1.54) is 0 Å².